The minimum Gasteiger partial charge on any atom is -0.442 e. The lowest BCUT2D eigenvalue weighted by molar-refractivity contribution is -0.0788. The van der Waals surface area contributed by atoms with Crippen molar-refractivity contribution in [2.45, 2.75) is 83.6 Å². The van der Waals surface area contributed by atoms with Gasteiger partial charge in [-0.1, -0.05) is 30.3 Å². The average molecular weight is 374 g/mol. The molecule has 2 aliphatic rings. The van der Waals surface area contributed by atoms with Crippen LogP contribution in [0.5, 0.6) is 0 Å². The highest BCUT2D eigenvalue weighted by Crippen LogP contribution is 2.47. The minimum atomic E-state index is -0.638. The fourth-order valence-electron chi connectivity index (χ4n) is 3.93. The number of fused-ring (bicyclic) bond motifs is 2. The summed E-state index contributed by atoms with van der Waals surface area (Å²) in [5.74, 6) is 0.183. The zero-order valence-corrected chi connectivity index (χ0v) is 17.1. The van der Waals surface area contributed by atoms with E-state index < -0.39 is 23.4 Å². The molecule has 0 aromatic heterocycles. The average Bonchev–Trinajstić information content (AvgIpc) is 3.10. The van der Waals surface area contributed by atoms with E-state index >= 15 is 0 Å². The number of hydrogen-bond acceptors (Lipinski definition) is 4. The van der Waals surface area contributed by atoms with Gasteiger partial charge in [-0.25, -0.2) is 19.6 Å². The van der Waals surface area contributed by atoms with E-state index in [0.29, 0.717) is 0 Å². The fourth-order valence-corrected chi connectivity index (χ4v) is 3.93. The molecular formula is C21H30N2O4. The molecule has 1 aromatic carbocycles. The summed E-state index contributed by atoms with van der Waals surface area (Å²) in [7, 11) is 0. The molecule has 0 spiro atoms. The Balaban J connectivity index is 1.89. The van der Waals surface area contributed by atoms with Crippen LogP contribution in [0.1, 0.15) is 65.9 Å². The van der Waals surface area contributed by atoms with Gasteiger partial charge in [-0.05, 0) is 59.9 Å². The third-order valence-corrected chi connectivity index (χ3v) is 4.79. The van der Waals surface area contributed by atoms with Gasteiger partial charge < -0.3 is 9.47 Å². The monoisotopic (exact) mass is 374 g/mol. The molecule has 1 saturated carbocycles. The maximum Gasteiger partial charge on any atom is 0.429 e. The molecule has 6 heteroatoms. The lowest BCUT2D eigenvalue weighted by Gasteiger charge is -2.41. The number of hydrogen-bond donors (Lipinski definition) is 0. The molecule has 2 fully saturated rings. The predicted molar refractivity (Wildman–Crippen MR) is 102 cm³/mol. The van der Waals surface area contributed by atoms with Crippen LogP contribution in [0.2, 0.25) is 0 Å². The number of carbonyl (C=O) groups excluding carboxylic acids is 2. The van der Waals surface area contributed by atoms with Crippen molar-refractivity contribution in [1.29, 1.82) is 0 Å². The zero-order valence-electron chi connectivity index (χ0n) is 17.1. The molecular weight excluding hydrogens is 344 g/mol. The van der Waals surface area contributed by atoms with Gasteiger partial charge in [-0.3, -0.25) is 0 Å². The first-order valence-electron chi connectivity index (χ1n) is 9.55. The van der Waals surface area contributed by atoms with Crippen molar-refractivity contribution in [1.82, 2.24) is 10.0 Å². The topological polar surface area (TPSA) is 59.1 Å². The van der Waals surface area contributed by atoms with E-state index in [1.807, 2.05) is 59.7 Å². The summed E-state index contributed by atoms with van der Waals surface area (Å²) < 4.78 is 11.2. The highest BCUT2D eigenvalue weighted by atomic mass is 16.6. The van der Waals surface area contributed by atoms with E-state index in [1.54, 1.807) is 0 Å². The van der Waals surface area contributed by atoms with Gasteiger partial charge in [0.1, 0.15) is 11.2 Å². The molecule has 2 amide bonds. The van der Waals surface area contributed by atoms with Crippen LogP contribution in [0.15, 0.2) is 30.3 Å². The Morgan fingerprint density at radius 3 is 1.89 bits per heavy atom. The van der Waals surface area contributed by atoms with Gasteiger partial charge in [-0.15, -0.1) is 0 Å². The first kappa shape index (κ1) is 19.5. The summed E-state index contributed by atoms with van der Waals surface area (Å²) in [6.07, 6.45) is 0.555. The summed E-state index contributed by atoms with van der Waals surface area (Å²) in [6.45, 7) is 10.9. The Labute approximate surface area is 161 Å². The number of rotatable bonds is 1. The smallest absolute Gasteiger partial charge is 0.429 e. The van der Waals surface area contributed by atoms with Gasteiger partial charge in [-0.2, -0.15) is 0 Å². The lowest BCUT2D eigenvalue weighted by Crippen LogP contribution is -2.57. The van der Waals surface area contributed by atoms with Crippen LogP contribution in [0, 0.1) is 0 Å². The molecule has 1 saturated heterocycles. The van der Waals surface area contributed by atoms with Crippen molar-refractivity contribution >= 4 is 12.2 Å². The molecule has 1 heterocycles. The Bertz CT molecular complexity index is 705. The maximum atomic E-state index is 13.0. The van der Waals surface area contributed by atoms with E-state index in [4.69, 9.17) is 9.47 Å². The van der Waals surface area contributed by atoms with E-state index in [-0.39, 0.29) is 18.0 Å². The molecule has 1 aliphatic heterocycles. The normalized spacial score (nSPS) is 24.9. The molecule has 1 aromatic rings. The molecule has 3 atom stereocenters. The quantitative estimate of drug-likeness (QED) is 0.715. The third-order valence-electron chi connectivity index (χ3n) is 4.79. The Morgan fingerprint density at radius 2 is 1.37 bits per heavy atom. The summed E-state index contributed by atoms with van der Waals surface area (Å²) in [5.41, 5.74) is -0.0830. The van der Waals surface area contributed by atoms with E-state index in [9.17, 15) is 9.59 Å². The van der Waals surface area contributed by atoms with Crippen molar-refractivity contribution in [2.24, 2.45) is 0 Å². The van der Waals surface area contributed by atoms with Crippen LogP contribution in [0.25, 0.3) is 0 Å². The van der Waals surface area contributed by atoms with Crippen LogP contribution in [0.3, 0.4) is 0 Å². The van der Waals surface area contributed by atoms with Gasteiger partial charge in [0.15, 0.2) is 0 Å². The van der Waals surface area contributed by atoms with E-state index in [1.165, 1.54) is 15.6 Å². The van der Waals surface area contributed by atoms with Crippen molar-refractivity contribution in [2.75, 3.05) is 0 Å². The first-order chi connectivity index (χ1) is 12.5. The van der Waals surface area contributed by atoms with Crippen molar-refractivity contribution in [3.05, 3.63) is 35.9 Å². The fraction of sp³-hybridized carbons (Fsp3) is 0.619. The van der Waals surface area contributed by atoms with Crippen LogP contribution in [0.4, 0.5) is 9.59 Å². The molecule has 2 bridgehead atoms. The first-order valence-corrected chi connectivity index (χ1v) is 9.55. The molecule has 3 rings (SSSR count). The van der Waals surface area contributed by atoms with Gasteiger partial charge in [0, 0.05) is 5.92 Å². The van der Waals surface area contributed by atoms with Crippen LogP contribution >= 0.6 is 0 Å². The Kier molecular flexibility index (Phi) is 4.87. The Morgan fingerprint density at radius 1 is 0.852 bits per heavy atom. The SMILES string of the molecule is CC(C)(C)OC(=O)N1[C@H]2C[C@H](c3ccccc3)[C@H](C2)N1C(=O)OC(C)(C)C. The summed E-state index contributed by atoms with van der Waals surface area (Å²) in [4.78, 5) is 25.8. The minimum absolute atomic E-state index is 0.0671. The van der Waals surface area contributed by atoms with Gasteiger partial charge in [0.25, 0.3) is 0 Å². The van der Waals surface area contributed by atoms with Crippen molar-refractivity contribution < 1.29 is 19.1 Å². The Hall–Kier alpha value is -2.24. The van der Waals surface area contributed by atoms with Gasteiger partial charge >= 0.3 is 12.2 Å². The van der Waals surface area contributed by atoms with Crippen LogP contribution < -0.4 is 0 Å². The van der Waals surface area contributed by atoms with Crippen LogP contribution in [-0.2, 0) is 9.47 Å². The lowest BCUT2D eigenvalue weighted by atomic mass is 9.93. The predicted octanol–water partition coefficient (Wildman–Crippen LogP) is 4.70. The molecule has 0 unspecified atom stereocenters. The molecule has 148 valence electrons. The number of benzene rings is 1. The summed E-state index contributed by atoms with van der Waals surface area (Å²) in [5, 5.41) is 2.97. The standard InChI is InChI=1S/C21H30N2O4/c1-20(2,3)26-18(24)22-15-12-16(14-10-8-7-9-11-14)17(13-15)23(22)19(25)27-21(4,5)6/h7-11,15-17H,12-13H2,1-6H3/t15-,16+,17-/m0/s1. The maximum absolute atomic E-state index is 13.0. The molecule has 27 heavy (non-hydrogen) atoms. The summed E-state index contributed by atoms with van der Waals surface area (Å²) >= 11 is 0. The highest BCUT2D eigenvalue weighted by Gasteiger charge is 2.56. The van der Waals surface area contributed by atoms with Gasteiger partial charge in [0.2, 0.25) is 0 Å². The molecule has 0 radical (unpaired) electrons. The summed E-state index contributed by atoms with van der Waals surface area (Å²) in [6, 6.07) is 9.97. The number of nitrogens with zero attached hydrogens (tertiary/aromatic N) is 2. The van der Waals surface area contributed by atoms with Gasteiger partial charge in [0.05, 0.1) is 12.1 Å². The highest BCUT2D eigenvalue weighted by molar-refractivity contribution is 5.76. The van der Waals surface area contributed by atoms with E-state index in [0.717, 1.165) is 12.8 Å². The van der Waals surface area contributed by atoms with Crippen molar-refractivity contribution in [3.8, 4) is 0 Å². The molecule has 6 nitrogen and oxygen atoms in total. The second kappa shape index (κ2) is 6.73. The molecule has 1 aliphatic carbocycles. The third kappa shape index (κ3) is 4.20. The van der Waals surface area contributed by atoms with E-state index in [2.05, 4.69) is 12.1 Å². The molecule has 0 N–H and O–H groups in total. The van der Waals surface area contributed by atoms with Crippen molar-refractivity contribution in [3.63, 3.8) is 0 Å². The number of carbonyl (C=O) groups is 2. The second-order valence-corrected chi connectivity index (χ2v) is 9.36. The largest absolute Gasteiger partial charge is 0.442 e. The number of amides is 2. The zero-order chi connectivity index (χ0) is 20.0. The number of hydrazine groups is 1. The number of ether oxygens (including phenoxy) is 2. The van der Waals surface area contributed by atoms with Crippen LogP contribution in [-0.4, -0.2) is 45.5 Å². The second-order valence-electron chi connectivity index (χ2n) is 9.36.